The summed E-state index contributed by atoms with van der Waals surface area (Å²) in [6.45, 7) is 2.20. The second kappa shape index (κ2) is 6.50. The fourth-order valence-electron chi connectivity index (χ4n) is 2.19. The highest BCUT2D eigenvalue weighted by molar-refractivity contribution is 7.99. The van der Waals surface area contributed by atoms with Crippen molar-refractivity contribution in [3.63, 3.8) is 0 Å². The maximum Gasteiger partial charge on any atom is 0.323 e. The molecule has 0 aromatic rings. The van der Waals surface area contributed by atoms with E-state index in [-0.39, 0.29) is 0 Å². The molecule has 94 valence electrons. The Labute approximate surface area is 102 Å². The van der Waals surface area contributed by atoms with Crippen molar-refractivity contribution >= 4 is 17.7 Å². The number of carbonyl (C=O) groups is 1. The first-order valence-corrected chi connectivity index (χ1v) is 7.27. The molecule has 3 N–H and O–H groups in total. The first-order valence-electron chi connectivity index (χ1n) is 6.22. The van der Waals surface area contributed by atoms with Crippen molar-refractivity contribution < 1.29 is 9.90 Å². The molecule has 3 nitrogen and oxygen atoms in total. The van der Waals surface area contributed by atoms with Gasteiger partial charge in [-0.1, -0.05) is 19.8 Å². The summed E-state index contributed by atoms with van der Waals surface area (Å²) in [5.74, 6) is 0.320. The first kappa shape index (κ1) is 13.8. The SMILES string of the molecule is CCCCCSC1CCCC(N)(C(=O)O)C1. The summed E-state index contributed by atoms with van der Waals surface area (Å²) in [7, 11) is 0. The number of unbranched alkanes of at least 4 members (excludes halogenated alkanes) is 2. The number of hydrogen-bond donors (Lipinski definition) is 2. The zero-order valence-corrected chi connectivity index (χ0v) is 10.9. The Balaban J connectivity index is 2.30. The third kappa shape index (κ3) is 3.98. The van der Waals surface area contributed by atoms with Crippen molar-refractivity contribution in [3.05, 3.63) is 0 Å². The summed E-state index contributed by atoms with van der Waals surface area (Å²) in [5, 5.41) is 9.54. The standard InChI is InChI=1S/C12H23NO2S/c1-2-3-4-8-16-10-6-5-7-12(13,9-10)11(14)15/h10H,2-9,13H2,1H3,(H,14,15). The van der Waals surface area contributed by atoms with Gasteiger partial charge in [-0.2, -0.15) is 11.8 Å². The predicted octanol–water partition coefficient (Wildman–Crippen LogP) is 2.63. The van der Waals surface area contributed by atoms with Gasteiger partial charge in [-0.25, -0.2) is 0 Å². The molecule has 0 bridgehead atoms. The predicted molar refractivity (Wildman–Crippen MR) is 68.8 cm³/mol. The van der Waals surface area contributed by atoms with Crippen LogP contribution in [0.3, 0.4) is 0 Å². The summed E-state index contributed by atoms with van der Waals surface area (Å²) in [5.41, 5.74) is 4.95. The zero-order chi connectivity index (χ0) is 12.0. The van der Waals surface area contributed by atoms with Crippen molar-refractivity contribution in [2.45, 2.75) is 62.7 Å². The maximum atomic E-state index is 11.1. The topological polar surface area (TPSA) is 63.3 Å². The molecule has 0 aromatic heterocycles. The molecule has 4 heteroatoms. The monoisotopic (exact) mass is 245 g/mol. The summed E-state index contributed by atoms with van der Waals surface area (Å²) >= 11 is 1.91. The fraction of sp³-hybridized carbons (Fsp3) is 0.917. The van der Waals surface area contributed by atoms with E-state index in [2.05, 4.69) is 6.92 Å². The molecule has 1 aliphatic rings. The molecule has 0 spiro atoms. The van der Waals surface area contributed by atoms with Crippen LogP contribution in [0.1, 0.15) is 51.9 Å². The molecule has 1 rings (SSSR count). The van der Waals surface area contributed by atoms with Crippen molar-refractivity contribution in [2.24, 2.45) is 5.73 Å². The van der Waals surface area contributed by atoms with Crippen LogP contribution in [0.5, 0.6) is 0 Å². The average Bonchev–Trinajstić information content (AvgIpc) is 2.24. The first-order chi connectivity index (χ1) is 7.58. The molecule has 0 radical (unpaired) electrons. The van der Waals surface area contributed by atoms with Crippen LogP contribution in [0.4, 0.5) is 0 Å². The molecule has 0 saturated heterocycles. The molecule has 2 atom stereocenters. The van der Waals surface area contributed by atoms with Gasteiger partial charge in [0.2, 0.25) is 0 Å². The molecule has 2 unspecified atom stereocenters. The molecule has 0 amide bonds. The molecule has 0 aliphatic heterocycles. The molecule has 1 saturated carbocycles. The second-order valence-corrected chi connectivity index (χ2v) is 6.17. The van der Waals surface area contributed by atoms with E-state index >= 15 is 0 Å². The molecule has 0 aromatic carbocycles. The van der Waals surface area contributed by atoms with Gasteiger partial charge in [0.15, 0.2) is 0 Å². The normalized spacial score (nSPS) is 30.2. The molecule has 16 heavy (non-hydrogen) atoms. The number of aliphatic carboxylic acids is 1. The summed E-state index contributed by atoms with van der Waals surface area (Å²) in [4.78, 5) is 11.1. The van der Waals surface area contributed by atoms with Crippen LogP contribution < -0.4 is 5.73 Å². The number of carboxylic acids is 1. The Morgan fingerprint density at radius 2 is 2.31 bits per heavy atom. The van der Waals surface area contributed by atoms with E-state index in [0.29, 0.717) is 18.1 Å². The Hall–Kier alpha value is -0.220. The van der Waals surface area contributed by atoms with E-state index in [1.165, 1.54) is 19.3 Å². The minimum atomic E-state index is -0.958. The maximum absolute atomic E-state index is 11.1. The van der Waals surface area contributed by atoms with Gasteiger partial charge in [0, 0.05) is 5.25 Å². The van der Waals surface area contributed by atoms with Gasteiger partial charge >= 0.3 is 5.97 Å². The van der Waals surface area contributed by atoms with E-state index in [9.17, 15) is 4.79 Å². The fourth-order valence-corrected chi connectivity index (χ4v) is 3.65. The van der Waals surface area contributed by atoms with E-state index in [0.717, 1.165) is 18.6 Å². The van der Waals surface area contributed by atoms with Crippen LogP contribution in [0.2, 0.25) is 0 Å². The third-order valence-electron chi connectivity index (χ3n) is 3.27. The van der Waals surface area contributed by atoms with Crippen molar-refractivity contribution in [3.8, 4) is 0 Å². The van der Waals surface area contributed by atoms with E-state index in [4.69, 9.17) is 10.8 Å². The van der Waals surface area contributed by atoms with Crippen molar-refractivity contribution in [2.75, 3.05) is 5.75 Å². The van der Waals surface area contributed by atoms with Crippen LogP contribution in [-0.4, -0.2) is 27.6 Å². The largest absolute Gasteiger partial charge is 0.480 e. The number of nitrogens with two attached hydrogens (primary N) is 1. The number of carboxylic acid groups (broad SMARTS) is 1. The molecular weight excluding hydrogens is 222 g/mol. The van der Waals surface area contributed by atoms with E-state index < -0.39 is 11.5 Å². The minimum absolute atomic E-state index is 0.451. The Morgan fingerprint density at radius 1 is 1.56 bits per heavy atom. The van der Waals surface area contributed by atoms with Gasteiger partial charge in [-0.3, -0.25) is 4.79 Å². The van der Waals surface area contributed by atoms with Crippen LogP contribution >= 0.6 is 11.8 Å². The highest BCUT2D eigenvalue weighted by Gasteiger charge is 2.39. The average molecular weight is 245 g/mol. The van der Waals surface area contributed by atoms with Gasteiger partial charge in [-0.05, 0) is 37.9 Å². The van der Waals surface area contributed by atoms with E-state index in [1.54, 1.807) is 0 Å². The van der Waals surface area contributed by atoms with Gasteiger partial charge < -0.3 is 10.8 Å². The zero-order valence-electron chi connectivity index (χ0n) is 10.1. The lowest BCUT2D eigenvalue weighted by Crippen LogP contribution is -2.51. The second-order valence-electron chi connectivity index (χ2n) is 4.76. The Morgan fingerprint density at radius 3 is 2.94 bits per heavy atom. The van der Waals surface area contributed by atoms with Gasteiger partial charge in [-0.15, -0.1) is 0 Å². The summed E-state index contributed by atoms with van der Waals surface area (Å²) in [6, 6.07) is 0. The highest BCUT2D eigenvalue weighted by Crippen LogP contribution is 2.34. The highest BCUT2D eigenvalue weighted by atomic mass is 32.2. The van der Waals surface area contributed by atoms with Crippen molar-refractivity contribution in [1.82, 2.24) is 0 Å². The minimum Gasteiger partial charge on any atom is -0.480 e. The Kier molecular flexibility index (Phi) is 5.62. The smallest absolute Gasteiger partial charge is 0.323 e. The number of thioether (sulfide) groups is 1. The quantitative estimate of drug-likeness (QED) is 0.706. The van der Waals surface area contributed by atoms with Gasteiger partial charge in [0.25, 0.3) is 0 Å². The van der Waals surface area contributed by atoms with Crippen LogP contribution in [0, 0.1) is 0 Å². The van der Waals surface area contributed by atoms with Crippen LogP contribution in [-0.2, 0) is 4.79 Å². The Bertz CT molecular complexity index is 235. The van der Waals surface area contributed by atoms with Gasteiger partial charge in [0.1, 0.15) is 5.54 Å². The number of hydrogen-bond acceptors (Lipinski definition) is 3. The lowest BCUT2D eigenvalue weighted by atomic mass is 9.82. The van der Waals surface area contributed by atoms with Gasteiger partial charge in [0.05, 0.1) is 0 Å². The molecule has 0 heterocycles. The van der Waals surface area contributed by atoms with E-state index in [1.807, 2.05) is 11.8 Å². The molecule has 1 fully saturated rings. The number of rotatable bonds is 6. The summed E-state index contributed by atoms with van der Waals surface area (Å²) in [6.07, 6.45) is 7.10. The third-order valence-corrected chi connectivity index (χ3v) is 4.67. The lowest BCUT2D eigenvalue weighted by molar-refractivity contribution is -0.144. The lowest BCUT2D eigenvalue weighted by Gasteiger charge is -2.34. The van der Waals surface area contributed by atoms with Crippen LogP contribution in [0.25, 0.3) is 0 Å². The summed E-state index contributed by atoms with van der Waals surface area (Å²) < 4.78 is 0. The van der Waals surface area contributed by atoms with Crippen LogP contribution in [0.15, 0.2) is 0 Å². The molecular formula is C12H23NO2S. The molecule has 1 aliphatic carbocycles. The van der Waals surface area contributed by atoms with Crippen molar-refractivity contribution in [1.29, 1.82) is 0 Å².